The zero-order valence-corrected chi connectivity index (χ0v) is 11.9. The quantitative estimate of drug-likeness (QED) is 0.902. The minimum atomic E-state index is -0.132. The lowest BCUT2D eigenvalue weighted by atomic mass is 10.0. The highest BCUT2D eigenvalue weighted by molar-refractivity contribution is 5.49. The van der Waals surface area contributed by atoms with E-state index in [4.69, 9.17) is 5.73 Å². The molecule has 2 N–H and O–H groups in total. The summed E-state index contributed by atoms with van der Waals surface area (Å²) in [6.45, 7) is 2.73. The Balaban J connectivity index is 2.08. The van der Waals surface area contributed by atoms with Crippen molar-refractivity contribution in [1.82, 2.24) is 4.90 Å². The van der Waals surface area contributed by atoms with Gasteiger partial charge in [0.15, 0.2) is 0 Å². The Bertz CT molecular complexity index is 414. The Labute approximate surface area is 115 Å². The number of nitrogens with zero attached hydrogens (tertiary/aromatic N) is 2. The number of nitrogens with two attached hydrogens (primary N) is 1. The molecule has 4 heteroatoms. The van der Waals surface area contributed by atoms with E-state index in [9.17, 15) is 4.39 Å². The number of halogens is 1. The molecule has 0 aromatic heterocycles. The normalized spacial score (nSPS) is 17.7. The van der Waals surface area contributed by atoms with Crippen molar-refractivity contribution in [3.63, 3.8) is 0 Å². The van der Waals surface area contributed by atoms with Crippen LogP contribution in [0.3, 0.4) is 0 Å². The first-order chi connectivity index (χ1) is 9.11. The van der Waals surface area contributed by atoms with Crippen molar-refractivity contribution >= 4 is 5.69 Å². The van der Waals surface area contributed by atoms with Gasteiger partial charge in [0.05, 0.1) is 5.69 Å². The van der Waals surface area contributed by atoms with Gasteiger partial charge >= 0.3 is 0 Å². The number of hydrogen-bond acceptors (Lipinski definition) is 3. The van der Waals surface area contributed by atoms with Crippen LogP contribution in [0.4, 0.5) is 10.1 Å². The third-order valence-corrected chi connectivity index (χ3v) is 4.06. The molecule has 0 spiro atoms. The number of likely N-dealkylation sites (tertiary alicyclic amines) is 1. The van der Waals surface area contributed by atoms with Gasteiger partial charge in [-0.05, 0) is 63.6 Å². The molecular formula is C15H24FN3. The number of piperidine rings is 1. The van der Waals surface area contributed by atoms with Crippen LogP contribution in [-0.2, 0) is 6.42 Å². The summed E-state index contributed by atoms with van der Waals surface area (Å²) >= 11 is 0. The van der Waals surface area contributed by atoms with E-state index in [0.29, 0.717) is 18.3 Å². The summed E-state index contributed by atoms with van der Waals surface area (Å²) in [5.41, 5.74) is 7.18. The van der Waals surface area contributed by atoms with E-state index in [1.807, 2.05) is 19.2 Å². The molecule has 2 rings (SSSR count). The number of benzene rings is 1. The van der Waals surface area contributed by atoms with Crippen molar-refractivity contribution < 1.29 is 4.39 Å². The molecule has 0 amide bonds. The summed E-state index contributed by atoms with van der Waals surface area (Å²) < 4.78 is 14.2. The van der Waals surface area contributed by atoms with E-state index in [1.165, 1.54) is 0 Å². The van der Waals surface area contributed by atoms with Crippen LogP contribution >= 0.6 is 0 Å². The predicted molar refractivity (Wildman–Crippen MR) is 78.1 cm³/mol. The molecule has 0 atom stereocenters. The van der Waals surface area contributed by atoms with Crippen LogP contribution in [0.2, 0.25) is 0 Å². The molecule has 3 nitrogen and oxygen atoms in total. The van der Waals surface area contributed by atoms with Crippen molar-refractivity contribution in [2.45, 2.75) is 25.3 Å². The fourth-order valence-electron chi connectivity index (χ4n) is 2.74. The highest BCUT2D eigenvalue weighted by Crippen LogP contribution is 2.25. The number of rotatable bonds is 4. The highest BCUT2D eigenvalue weighted by atomic mass is 19.1. The van der Waals surface area contributed by atoms with Crippen molar-refractivity contribution in [3.8, 4) is 0 Å². The average molecular weight is 265 g/mol. The number of anilines is 1. The maximum Gasteiger partial charge on any atom is 0.146 e. The van der Waals surface area contributed by atoms with Crippen LogP contribution in [0.1, 0.15) is 18.4 Å². The minimum absolute atomic E-state index is 0.132. The fourth-order valence-corrected chi connectivity index (χ4v) is 2.74. The molecule has 19 heavy (non-hydrogen) atoms. The van der Waals surface area contributed by atoms with Gasteiger partial charge in [0.2, 0.25) is 0 Å². The Morgan fingerprint density at radius 3 is 2.63 bits per heavy atom. The van der Waals surface area contributed by atoms with Gasteiger partial charge in [-0.1, -0.05) is 6.07 Å². The molecule has 0 saturated carbocycles. The molecule has 0 radical (unpaired) electrons. The standard InChI is InChI=1S/C15H24FN3/c1-18-9-6-13(7-10-18)19(2)15-4-3-12(5-8-17)11-14(15)16/h3-4,11,13H,5-10,17H2,1-2H3. The molecule has 1 aromatic carbocycles. The van der Waals surface area contributed by atoms with Crippen molar-refractivity contribution in [3.05, 3.63) is 29.6 Å². The van der Waals surface area contributed by atoms with Gasteiger partial charge in [-0.3, -0.25) is 0 Å². The van der Waals surface area contributed by atoms with Gasteiger partial charge in [-0.2, -0.15) is 0 Å². The van der Waals surface area contributed by atoms with Crippen LogP contribution in [-0.4, -0.2) is 44.7 Å². The van der Waals surface area contributed by atoms with Crippen molar-refractivity contribution in [2.24, 2.45) is 5.73 Å². The summed E-state index contributed by atoms with van der Waals surface area (Å²) in [5, 5.41) is 0. The minimum Gasteiger partial charge on any atom is -0.369 e. The van der Waals surface area contributed by atoms with Crippen LogP contribution < -0.4 is 10.6 Å². The van der Waals surface area contributed by atoms with Gasteiger partial charge < -0.3 is 15.5 Å². The first-order valence-electron chi connectivity index (χ1n) is 7.01. The largest absolute Gasteiger partial charge is 0.369 e. The molecule has 1 saturated heterocycles. The molecule has 0 bridgehead atoms. The van der Waals surface area contributed by atoms with Gasteiger partial charge in [0.25, 0.3) is 0 Å². The molecule has 1 fully saturated rings. The van der Waals surface area contributed by atoms with Crippen LogP contribution in [0.5, 0.6) is 0 Å². The summed E-state index contributed by atoms with van der Waals surface area (Å²) in [4.78, 5) is 4.42. The second-order valence-corrected chi connectivity index (χ2v) is 5.47. The lowest BCUT2D eigenvalue weighted by Crippen LogP contribution is -2.42. The average Bonchev–Trinajstić information content (AvgIpc) is 2.39. The van der Waals surface area contributed by atoms with E-state index < -0.39 is 0 Å². The zero-order valence-electron chi connectivity index (χ0n) is 11.9. The molecule has 1 aliphatic rings. The lowest BCUT2D eigenvalue weighted by Gasteiger charge is -2.36. The van der Waals surface area contributed by atoms with Crippen LogP contribution in [0.15, 0.2) is 18.2 Å². The van der Waals surface area contributed by atoms with Crippen LogP contribution in [0.25, 0.3) is 0 Å². The Morgan fingerprint density at radius 1 is 1.37 bits per heavy atom. The third-order valence-electron chi connectivity index (χ3n) is 4.06. The monoisotopic (exact) mass is 265 g/mol. The molecule has 1 heterocycles. The molecule has 1 aromatic rings. The molecular weight excluding hydrogens is 241 g/mol. The van der Waals surface area contributed by atoms with Gasteiger partial charge in [0.1, 0.15) is 5.82 Å². The fraction of sp³-hybridized carbons (Fsp3) is 0.600. The molecule has 1 aliphatic heterocycles. The van der Waals surface area contributed by atoms with Crippen molar-refractivity contribution in [2.75, 3.05) is 38.6 Å². The maximum atomic E-state index is 14.2. The SMILES string of the molecule is CN1CCC(N(C)c2ccc(CCN)cc2F)CC1. The second kappa shape index (κ2) is 6.35. The molecule has 0 unspecified atom stereocenters. The highest BCUT2D eigenvalue weighted by Gasteiger charge is 2.22. The first-order valence-corrected chi connectivity index (χ1v) is 7.01. The maximum absolute atomic E-state index is 14.2. The topological polar surface area (TPSA) is 32.5 Å². The zero-order chi connectivity index (χ0) is 13.8. The summed E-state index contributed by atoms with van der Waals surface area (Å²) in [7, 11) is 4.13. The second-order valence-electron chi connectivity index (χ2n) is 5.47. The van der Waals surface area contributed by atoms with E-state index in [0.717, 1.165) is 37.9 Å². The number of hydrogen-bond donors (Lipinski definition) is 1. The summed E-state index contributed by atoms with van der Waals surface area (Å²) in [6, 6.07) is 5.93. The lowest BCUT2D eigenvalue weighted by molar-refractivity contribution is 0.252. The molecule has 106 valence electrons. The predicted octanol–water partition coefficient (Wildman–Crippen LogP) is 1.86. The Kier molecular flexibility index (Phi) is 4.77. The van der Waals surface area contributed by atoms with E-state index >= 15 is 0 Å². The van der Waals surface area contributed by atoms with Gasteiger partial charge in [-0.25, -0.2) is 4.39 Å². The Hall–Kier alpha value is -1.13. The Morgan fingerprint density at radius 2 is 2.05 bits per heavy atom. The van der Waals surface area contributed by atoms with Crippen molar-refractivity contribution in [1.29, 1.82) is 0 Å². The van der Waals surface area contributed by atoms with Gasteiger partial charge in [0, 0.05) is 13.1 Å². The van der Waals surface area contributed by atoms with E-state index in [2.05, 4.69) is 16.8 Å². The molecule has 0 aliphatic carbocycles. The smallest absolute Gasteiger partial charge is 0.146 e. The summed E-state index contributed by atoms with van der Waals surface area (Å²) in [6.07, 6.45) is 2.92. The first kappa shape index (κ1) is 14.3. The van der Waals surface area contributed by atoms with Gasteiger partial charge in [-0.15, -0.1) is 0 Å². The van der Waals surface area contributed by atoms with Crippen LogP contribution in [0, 0.1) is 5.82 Å². The third kappa shape index (κ3) is 3.45. The van der Waals surface area contributed by atoms with E-state index in [1.54, 1.807) is 6.07 Å². The van der Waals surface area contributed by atoms with E-state index in [-0.39, 0.29) is 5.82 Å². The summed E-state index contributed by atoms with van der Waals surface area (Å²) in [5.74, 6) is -0.132.